The van der Waals surface area contributed by atoms with Crippen LogP contribution in [0.25, 0.3) is 11.3 Å². The summed E-state index contributed by atoms with van der Waals surface area (Å²) in [5, 5.41) is 0. The maximum Gasteiger partial charge on any atom is 0.253 e. The van der Waals surface area contributed by atoms with Crippen molar-refractivity contribution in [2.45, 2.75) is 33.2 Å². The standard InChI is InChI=1S/C22H24N4O/c1-4-6-20-14-24-16(2)25-21(20)18-8-10-19(11-9-18)22(27)26(3)15-17-7-5-12-23-13-17/h5,7-14H,4,6,15H2,1-3H3. The second-order valence-electron chi connectivity index (χ2n) is 6.64. The molecule has 1 amide bonds. The third-order valence-electron chi connectivity index (χ3n) is 4.40. The van der Waals surface area contributed by atoms with Gasteiger partial charge >= 0.3 is 0 Å². The summed E-state index contributed by atoms with van der Waals surface area (Å²) in [5.41, 5.74) is 4.76. The molecule has 5 heteroatoms. The van der Waals surface area contributed by atoms with Crippen molar-refractivity contribution >= 4 is 5.91 Å². The van der Waals surface area contributed by atoms with E-state index in [-0.39, 0.29) is 5.91 Å². The Kier molecular flexibility index (Phi) is 5.91. The molecule has 3 rings (SSSR count). The lowest BCUT2D eigenvalue weighted by Crippen LogP contribution is -2.26. The maximum atomic E-state index is 12.7. The van der Waals surface area contributed by atoms with Gasteiger partial charge in [0.1, 0.15) is 5.82 Å². The first kappa shape index (κ1) is 18.7. The Bertz CT molecular complexity index is 907. The average molecular weight is 360 g/mol. The number of amides is 1. The van der Waals surface area contributed by atoms with Crippen LogP contribution in [0.1, 0.15) is 40.7 Å². The summed E-state index contributed by atoms with van der Waals surface area (Å²) in [6.07, 6.45) is 7.38. The van der Waals surface area contributed by atoms with E-state index in [1.807, 2.05) is 49.5 Å². The van der Waals surface area contributed by atoms with Gasteiger partial charge in [0.05, 0.1) is 5.69 Å². The van der Waals surface area contributed by atoms with Gasteiger partial charge < -0.3 is 4.90 Å². The van der Waals surface area contributed by atoms with Crippen LogP contribution in [0.3, 0.4) is 0 Å². The van der Waals surface area contributed by atoms with Gasteiger partial charge in [-0.2, -0.15) is 0 Å². The van der Waals surface area contributed by atoms with Crippen molar-refractivity contribution in [2.24, 2.45) is 0 Å². The van der Waals surface area contributed by atoms with Crippen LogP contribution in [0.15, 0.2) is 55.0 Å². The smallest absolute Gasteiger partial charge is 0.253 e. The summed E-state index contributed by atoms with van der Waals surface area (Å²) in [4.78, 5) is 27.4. The highest BCUT2D eigenvalue weighted by Gasteiger charge is 2.14. The fourth-order valence-electron chi connectivity index (χ4n) is 3.03. The fraction of sp³-hybridized carbons (Fsp3) is 0.273. The van der Waals surface area contributed by atoms with Crippen molar-refractivity contribution < 1.29 is 4.79 Å². The summed E-state index contributed by atoms with van der Waals surface area (Å²) in [7, 11) is 1.80. The number of nitrogens with zero attached hydrogens (tertiary/aromatic N) is 4. The molecule has 0 radical (unpaired) electrons. The van der Waals surface area contributed by atoms with Crippen LogP contribution >= 0.6 is 0 Å². The van der Waals surface area contributed by atoms with Crippen LogP contribution in [0.4, 0.5) is 0 Å². The zero-order chi connectivity index (χ0) is 19.2. The number of aromatic nitrogens is 3. The molecule has 5 nitrogen and oxygen atoms in total. The SMILES string of the molecule is CCCc1cnc(C)nc1-c1ccc(C(=O)N(C)Cc2cccnc2)cc1. The molecule has 0 unspecified atom stereocenters. The molecule has 0 N–H and O–H groups in total. The van der Waals surface area contributed by atoms with Gasteiger partial charge in [0.2, 0.25) is 0 Å². The Hall–Kier alpha value is -3.08. The van der Waals surface area contributed by atoms with Crippen LogP contribution in [-0.4, -0.2) is 32.8 Å². The number of pyridine rings is 1. The second-order valence-corrected chi connectivity index (χ2v) is 6.64. The molecule has 0 spiro atoms. The number of rotatable bonds is 6. The van der Waals surface area contributed by atoms with Gasteiger partial charge in [0.25, 0.3) is 5.91 Å². The third-order valence-corrected chi connectivity index (χ3v) is 4.40. The van der Waals surface area contributed by atoms with Crippen molar-refractivity contribution in [3.63, 3.8) is 0 Å². The zero-order valence-electron chi connectivity index (χ0n) is 16.0. The van der Waals surface area contributed by atoms with Gasteiger partial charge in [-0.05, 0) is 42.7 Å². The first-order valence-electron chi connectivity index (χ1n) is 9.15. The molecule has 0 saturated heterocycles. The predicted molar refractivity (Wildman–Crippen MR) is 106 cm³/mol. The third kappa shape index (κ3) is 4.56. The number of benzene rings is 1. The lowest BCUT2D eigenvalue weighted by atomic mass is 10.0. The lowest BCUT2D eigenvalue weighted by Gasteiger charge is -2.17. The van der Waals surface area contributed by atoms with Crippen LogP contribution in [0.2, 0.25) is 0 Å². The van der Waals surface area contributed by atoms with Crippen molar-refractivity contribution in [3.05, 3.63) is 77.5 Å². The van der Waals surface area contributed by atoms with Gasteiger partial charge in [0, 0.05) is 43.3 Å². The highest BCUT2D eigenvalue weighted by molar-refractivity contribution is 5.94. The summed E-state index contributed by atoms with van der Waals surface area (Å²) in [6, 6.07) is 11.5. The van der Waals surface area contributed by atoms with Gasteiger partial charge in [0.15, 0.2) is 0 Å². The molecule has 138 valence electrons. The molecule has 0 saturated carbocycles. The number of hydrogen-bond acceptors (Lipinski definition) is 4. The minimum atomic E-state index is -0.0157. The summed E-state index contributed by atoms with van der Waals surface area (Å²) in [6.45, 7) is 4.56. The van der Waals surface area contributed by atoms with E-state index in [1.54, 1.807) is 24.3 Å². The van der Waals surface area contributed by atoms with E-state index in [9.17, 15) is 4.79 Å². The predicted octanol–water partition coefficient (Wildman–Crippen LogP) is 4.07. The van der Waals surface area contributed by atoms with Crippen molar-refractivity contribution in [1.82, 2.24) is 19.9 Å². The number of carbonyl (C=O) groups is 1. The van der Waals surface area contributed by atoms with Crippen LogP contribution in [-0.2, 0) is 13.0 Å². The topological polar surface area (TPSA) is 59.0 Å². The molecule has 0 atom stereocenters. The Balaban J connectivity index is 1.79. The molecule has 0 aliphatic carbocycles. The quantitative estimate of drug-likeness (QED) is 0.665. The molecule has 27 heavy (non-hydrogen) atoms. The van der Waals surface area contributed by atoms with E-state index >= 15 is 0 Å². The minimum absolute atomic E-state index is 0.0157. The highest BCUT2D eigenvalue weighted by atomic mass is 16.2. The fourth-order valence-corrected chi connectivity index (χ4v) is 3.03. The largest absolute Gasteiger partial charge is 0.337 e. The van der Waals surface area contributed by atoms with Gasteiger partial charge in [-0.1, -0.05) is 31.5 Å². The molecule has 3 aromatic rings. The molecule has 0 fully saturated rings. The average Bonchev–Trinajstić information content (AvgIpc) is 2.70. The van der Waals surface area contributed by atoms with E-state index < -0.39 is 0 Å². The van der Waals surface area contributed by atoms with Gasteiger partial charge in [-0.3, -0.25) is 9.78 Å². The molecular weight excluding hydrogens is 336 g/mol. The van der Waals surface area contributed by atoms with Crippen LogP contribution in [0.5, 0.6) is 0 Å². The number of carbonyl (C=O) groups excluding carboxylic acids is 1. The summed E-state index contributed by atoms with van der Waals surface area (Å²) in [5.74, 6) is 0.735. The molecular formula is C22H24N4O. The maximum absolute atomic E-state index is 12.7. The van der Waals surface area contributed by atoms with E-state index in [0.29, 0.717) is 12.1 Å². The molecule has 0 aliphatic heterocycles. The molecule has 1 aromatic carbocycles. The van der Waals surface area contributed by atoms with Crippen molar-refractivity contribution in [1.29, 1.82) is 0 Å². The monoisotopic (exact) mass is 360 g/mol. The Morgan fingerprint density at radius 1 is 1.11 bits per heavy atom. The van der Waals surface area contributed by atoms with Crippen molar-refractivity contribution in [3.8, 4) is 11.3 Å². The molecule has 2 heterocycles. The Morgan fingerprint density at radius 2 is 1.89 bits per heavy atom. The normalized spacial score (nSPS) is 10.6. The van der Waals surface area contributed by atoms with E-state index in [1.165, 1.54) is 0 Å². The van der Waals surface area contributed by atoms with Crippen LogP contribution < -0.4 is 0 Å². The number of aryl methyl sites for hydroxylation is 2. The zero-order valence-corrected chi connectivity index (χ0v) is 16.0. The molecule has 0 aliphatic rings. The lowest BCUT2D eigenvalue weighted by molar-refractivity contribution is 0.0785. The van der Waals surface area contributed by atoms with Crippen molar-refractivity contribution in [2.75, 3.05) is 7.05 Å². The first-order chi connectivity index (χ1) is 13.1. The van der Waals surface area contributed by atoms with E-state index in [2.05, 4.69) is 21.9 Å². The summed E-state index contributed by atoms with van der Waals surface area (Å²) < 4.78 is 0. The van der Waals surface area contributed by atoms with Gasteiger partial charge in [-0.15, -0.1) is 0 Å². The first-order valence-corrected chi connectivity index (χ1v) is 9.15. The van der Waals surface area contributed by atoms with E-state index in [0.717, 1.165) is 41.1 Å². The molecule has 0 bridgehead atoms. The second kappa shape index (κ2) is 8.54. The van der Waals surface area contributed by atoms with Crippen LogP contribution in [0, 0.1) is 6.92 Å². The Morgan fingerprint density at radius 3 is 2.56 bits per heavy atom. The number of hydrogen-bond donors (Lipinski definition) is 0. The minimum Gasteiger partial charge on any atom is -0.337 e. The highest BCUT2D eigenvalue weighted by Crippen LogP contribution is 2.23. The molecule has 2 aromatic heterocycles. The van der Waals surface area contributed by atoms with Gasteiger partial charge in [-0.25, -0.2) is 9.97 Å². The summed E-state index contributed by atoms with van der Waals surface area (Å²) >= 11 is 0. The Labute approximate surface area is 160 Å². The van der Waals surface area contributed by atoms with E-state index in [4.69, 9.17) is 0 Å².